The fourth-order valence-corrected chi connectivity index (χ4v) is 3.56. The maximum atomic E-state index is 13.3. The number of hydrogen-bond acceptors (Lipinski definition) is 2. The SMILES string of the molecule is O=C(CCc1ccc(F)c(F)c1)N1CCc2[nH]nc(C3CC3)c2CC1. The molecule has 0 spiro atoms. The van der Waals surface area contributed by atoms with Gasteiger partial charge in [-0.25, -0.2) is 8.78 Å². The minimum Gasteiger partial charge on any atom is -0.342 e. The van der Waals surface area contributed by atoms with Crippen LogP contribution in [0.2, 0.25) is 0 Å². The third-order valence-corrected chi connectivity index (χ3v) is 5.18. The van der Waals surface area contributed by atoms with Crippen LogP contribution in [0.15, 0.2) is 18.2 Å². The van der Waals surface area contributed by atoms with Crippen molar-refractivity contribution in [1.82, 2.24) is 15.1 Å². The highest BCUT2D eigenvalue weighted by molar-refractivity contribution is 5.76. The third-order valence-electron chi connectivity index (χ3n) is 5.18. The number of rotatable bonds is 4. The minimum absolute atomic E-state index is 0.0656. The van der Waals surface area contributed by atoms with E-state index in [1.54, 1.807) is 0 Å². The van der Waals surface area contributed by atoms with Crippen LogP contribution in [0.4, 0.5) is 8.78 Å². The van der Waals surface area contributed by atoms with Gasteiger partial charge in [0.2, 0.25) is 5.91 Å². The van der Waals surface area contributed by atoms with Crippen molar-refractivity contribution >= 4 is 5.91 Å². The molecule has 0 saturated heterocycles. The second kappa shape index (κ2) is 6.58. The van der Waals surface area contributed by atoms with Gasteiger partial charge in [-0.1, -0.05) is 6.07 Å². The second-order valence-electron chi connectivity index (χ2n) is 6.97. The van der Waals surface area contributed by atoms with Crippen molar-refractivity contribution in [2.24, 2.45) is 0 Å². The average molecular weight is 345 g/mol. The second-order valence-corrected chi connectivity index (χ2v) is 6.97. The van der Waals surface area contributed by atoms with Crippen LogP contribution in [0.1, 0.15) is 47.7 Å². The van der Waals surface area contributed by atoms with E-state index >= 15 is 0 Å². The first-order chi connectivity index (χ1) is 12.1. The Morgan fingerprint density at radius 2 is 2.00 bits per heavy atom. The van der Waals surface area contributed by atoms with E-state index < -0.39 is 11.6 Å². The quantitative estimate of drug-likeness (QED) is 0.926. The molecule has 1 saturated carbocycles. The van der Waals surface area contributed by atoms with Crippen molar-refractivity contribution in [3.05, 3.63) is 52.3 Å². The predicted molar refractivity (Wildman–Crippen MR) is 89.2 cm³/mol. The van der Waals surface area contributed by atoms with Gasteiger partial charge in [0.05, 0.1) is 5.69 Å². The van der Waals surface area contributed by atoms with E-state index in [1.807, 2.05) is 4.90 Å². The third kappa shape index (κ3) is 3.43. The molecule has 1 aromatic carbocycles. The Morgan fingerprint density at radius 3 is 2.76 bits per heavy atom. The standard InChI is InChI=1S/C19H21F2N3O/c20-15-5-1-12(11-16(15)21)2-6-18(25)24-9-7-14-17(8-10-24)22-23-19(14)13-3-4-13/h1,5,11,13H,2-4,6-10H2,(H,22,23). The van der Waals surface area contributed by atoms with Crippen molar-refractivity contribution in [1.29, 1.82) is 0 Å². The lowest BCUT2D eigenvalue weighted by Crippen LogP contribution is -2.33. The number of amides is 1. The zero-order chi connectivity index (χ0) is 17.4. The van der Waals surface area contributed by atoms with Gasteiger partial charge in [-0.2, -0.15) is 5.10 Å². The fraction of sp³-hybridized carbons (Fsp3) is 0.474. The molecule has 0 radical (unpaired) electrons. The summed E-state index contributed by atoms with van der Waals surface area (Å²) >= 11 is 0. The van der Waals surface area contributed by atoms with Gasteiger partial charge in [-0.05, 0) is 48.9 Å². The highest BCUT2D eigenvalue weighted by atomic mass is 19.2. The van der Waals surface area contributed by atoms with Gasteiger partial charge in [0, 0.05) is 37.5 Å². The largest absolute Gasteiger partial charge is 0.342 e. The lowest BCUT2D eigenvalue weighted by Gasteiger charge is -2.20. The number of H-pyrrole nitrogens is 1. The summed E-state index contributed by atoms with van der Waals surface area (Å²) in [6.07, 6.45) is 4.81. The summed E-state index contributed by atoms with van der Waals surface area (Å²) in [6.45, 7) is 1.37. The average Bonchev–Trinajstić information content (AvgIpc) is 3.40. The van der Waals surface area contributed by atoms with E-state index in [4.69, 9.17) is 0 Å². The topological polar surface area (TPSA) is 49.0 Å². The summed E-state index contributed by atoms with van der Waals surface area (Å²) in [4.78, 5) is 14.4. The Balaban J connectivity index is 1.36. The molecule has 2 heterocycles. The molecule has 25 heavy (non-hydrogen) atoms. The number of aryl methyl sites for hydroxylation is 1. The summed E-state index contributed by atoms with van der Waals surface area (Å²) in [5, 5.41) is 7.62. The zero-order valence-corrected chi connectivity index (χ0v) is 14.0. The first-order valence-corrected chi connectivity index (χ1v) is 8.89. The van der Waals surface area contributed by atoms with Gasteiger partial charge in [0.1, 0.15) is 0 Å². The Kier molecular flexibility index (Phi) is 4.27. The molecule has 1 amide bonds. The predicted octanol–water partition coefficient (Wildman–Crippen LogP) is 3.13. The van der Waals surface area contributed by atoms with Crippen LogP contribution in [0.3, 0.4) is 0 Å². The maximum Gasteiger partial charge on any atom is 0.222 e. The van der Waals surface area contributed by atoms with Crippen LogP contribution in [-0.4, -0.2) is 34.1 Å². The zero-order valence-electron chi connectivity index (χ0n) is 14.0. The maximum absolute atomic E-state index is 13.3. The summed E-state index contributed by atoms with van der Waals surface area (Å²) in [6, 6.07) is 3.82. The number of nitrogens with one attached hydrogen (secondary N) is 1. The number of fused-ring (bicyclic) bond motifs is 1. The van der Waals surface area contributed by atoms with Gasteiger partial charge in [-0.3, -0.25) is 9.89 Å². The lowest BCUT2D eigenvalue weighted by atomic mass is 10.1. The number of nitrogens with zero attached hydrogens (tertiary/aromatic N) is 2. The molecule has 4 nitrogen and oxygen atoms in total. The van der Waals surface area contributed by atoms with Crippen LogP contribution >= 0.6 is 0 Å². The van der Waals surface area contributed by atoms with Crippen LogP contribution < -0.4 is 0 Å². The normalized spacial score (nSPS) is 17.3. The van der Waals surface area contributed by atoms with E-state index in [0.717, 1.165) is 24.6 Å². The number of benzene rings is 1. The van der Waals surface area contributed by atoms with Gasteiger partial charge in [0.15, 0.2) is 11.6 Å². The summed E-state index contributed by atoms with van der Waals surface area (Å²) in [5.74, 6) is -1.05. The van der Waals surface area contributed by atoms with E-state index in [1.165, 1.54) is 36.2 Å². The summed E-state index contributed by atoms with van der Waals surface area (Å²) < 4.78 is 26.2. The molecule has 6 heteroatoms. The van der Waals surface area contributed by atoms with Gasteiger partial charge in [0.25, 0.3) is 0 Å². The first-order valence-electron chi connectivity index (χ1n) is 8.89. The molecule has 0 unspecified atom stereocenters. The number of carbonyl (C=O) groups is 1. The van der Waals surface area contributed by atoms with Gasteiger partial charge < -0.3 is 4.90 Å². The van der Waals surface area contributed by atoms with E-state index in [2.05, 4.69) is 10.2 Å². The molecule has 132 valence electrons. The monoisotopic (exact) mass is 345 g/mol. The molecular formula is C19H21F2N3O. The van der Waals surface area contributed by atoms with Crippen LogP contribution in [0, 0.1) is 11.6 Å². The minimum atomic E-state index is -0.863. The molecular weight excluding hydrogens is 324 g/mol. The highest BCUT2D eigenvalue weighted by Gasteiger charge is 2.31. The fourth-order valence-electron chi connectivity index (χ4n) is 3.56. The van der Waals surface area contributed by atoms with Crippen molar-refractivity contribution in [2.75, 3.05) is 13.1 Å². The molecule has 1 aliphatic carbocycles. The molecule has 1 N–H and O–H groups in total. The molecule has 4 rings (SSSR count). The molecule has 2 aliphatic rings. The number of halogens is 2. The Bertz CT molecular complexity index is 798. The molecule has 0 atom stereocenters. The number of hydrogen-bond donors (Lipinski definition) is 1. The number of aromatic amines is 1. The first kappa shape index (κ1) is 16.2. The van der Waals surface area contributed by atoms with Crippen molar-refractivity contribution in [3.63, 3.8) is 0 Å². The Morgan fingerprint density at radius 1 is 1.20 bits per heavy atom. The van der Waals surface area contributed by atoms with Crippen molar-refractivity contribution in [2.45, 2.75) is 44.4 Å². The van der Waals surface area contributed by atoms with Crippen LogP contribution in [0.25, 0.3) is 0 Å². The summed E-state index contributed by atoms with van der Waals surface area (Å²) in [7, 11) is 0. The molecule has 1 aliphatic heterocycles. The molecule has 0 bridgehead atoms. The van der Waals surface area contributed by atoms with Crippen LogP contribution in [-0.2, 0) is 24.1 Å². The molecule has 2 aromatic rings. The van der Waals surface area contributed by atoms with Gasteiger partial charge in [-0.15, -0.1) is 0 Å². The molecule has 1 aromatic heterocycles. The number of carbonyl (C=O) groups excluding carboxylic acids is 1. The van der Waals surface area contributed by atoms with E-state index in [9.17, 15) is 13.6 Å². The van der Waals surface area contributed by atoms with Crippen molar-refractivity contribution in [3.8, 4) is 0 Å². The van der Waals surface area contributed by atoms with Crippen molar-refractivity contribution < 1.29 is 13.6 Å². The van der Waals surface area contributed by atoms with E-state index in [-0.39, 0.29) is 5.91 Å². The molecule has 1 fully saturated rings. The van der Waals surface area contributed by atoms with E-state index in [0.29, 0.717) is 37.4 Å². The Hall–Kier alpha value is -2.24. The smallest absolute Gasteiger partial charge is 0.222 e. The lowest BCUT2D eigenvalue weighted by molar-refractivity contribution is -0.131. The van der Waals surface area contributed by atoms with Crippen LogP contribution in [0.5, 0.6) is 0 Å². The summed E-state index contributed by atoms with van der Waals surface area (Å²) in [5.41, 5.74) is 4.31. The highest BCUT2D eigenvalue weighted by Crippen LogP contribution is 2.41. The Labute approximate surface area is 145 Å². The number of aromatic nitrogens is 2. The van der Waals surface area contributed by atoms with Gasteiger partial charge >= 0.3 is 0 Å².